The summed E-state index contributed by atoms with van der Waals surface area (Å²) in [5, 5.41) is 14.2. The predicted molar refractivity (Wildman–Crippen MR) is 135 cm³/mol. The minimum atomic E-state index is -0.336. The lowest BCUT2D eigenvalue weighted by molar-refractivity contribution is 0.150. The first-order chi connectivity index (χ1) is 17.2. The number of halogens is 1. The molecule has 3 aromatic carbocycles. The third-order valence-corrected chi connectivity index (χ3v) is 7.14. The lowest BCUT2D eigenvalue weighted by Gasteiger charge is -2.19. The number of benzene rings is 3. The van der Waals surface area contributed by atoms with Crippen LogP contribution in [0.4, 0.5) is 4.39 Å². The SMILES string of the molecule is Oc1cc2c(c3c1=c1ccccc1=CC(F)=C3c1ccc(OCCN3CCCC3)cc1)COCC=2. The van der Waals surface area contributed by atoms with Gasteiger partial charge in [-0.2, -0.15) is 0 Å². The molecular weight excluding hydrogens is 441 g/mol. The summed E-state index contributed by atoms with van der Waals surface area (Å²) in [7, 11) is 0. The lowest BCUT2D eigenvalue weighted by Crippen LogP contribution is -2.25. The Bertz CT molecular complexity index is 1520. The maximum atomic E-state index is 16.0. The van der Waals surface area contributed by atoms with Gasteiger partial charge in [0, 0.05) is 22.9 Å². The van der Waals surface area contributed by atoms with Crippen molar-refractivity contribution < 1.29 is 19.0 Å². The third kappa shape index (κ3) is 4.15. The van der Waals surface area contributed by atoms with Crippen LogP contribution in [0.3, 0.4) is 0 Å². The van der Waals surface area contributed by atoms with Crippen LogP contribution in [-0.4, -0.2) is 42.9 Å². The minimum absolute atomic E-state index is 0.145. The number of nitrogens with zero attached hydrogens (tertiary/aromatic N) is 1. The number of hydrogen-bond acceptors (Lipinski definition) is 4. The molecule has 0 aromatic heterocycles. The van der Waals surface area contributed by atoms with Crippen LogP contribution in [0.2, 0.25) is 0 Å². The Balaban J connectivity index is 1.46. The van der Waals surface area contributed by atoms with Crippen LogP contribution in [0.15, 0.2) is 60.4 Å². The average Bonchev–Trinajstić information content (AvgIpc) is 3.35. The molecule has 0 spiro atoms. The molecule has 0 amide bonds. The van der Waals surface area contributed by atoms with Crippen molar-refractivity contribution in [2.75, 3.05) is 32.8 Å². The van der Waals surface area contributed by atoms with Crippen molar-refractivity contribution >= 4 is 17.7 Å². The maximum absolute atomic E-state index is 16.0. The Labute approximate surface area is 203 Å². The van der Waals surface area contributed by atoms with Crippen molar-refractivity contribution in [1.29, 1.82) is 0 Å². The molecule has 0 radical (unpaired) electrons. The molecule has 1 saturated heterocycles. The molecule has 0 saturated carbocycles. The normalized spacial score (nSPS) is 17.1. The number of phenols is 1. The van der Waals surface area contributed by atoms with Gasteiger partial charge >= 0.3 is 0 Å². The van der Waals surface area contributed by atoms with Crippen LogP contribution in [-0.2, 0) is 11.3 Å². The highest BCUT2D eigenvalue weighted by atomic mass is 19.1. The number of likely N-dealkylation sites (tertiary alicyclic amines) is 1. The van der Waals surface area contributed by atoms with Crippen molar-refractivity contribution in [3.8, 4) is 11.5 Å². The molecular formula is C30H28FNO3. The smallest absolute Gasteiger partial charge is 0.132 e. The summed E-state index contributed by atoms with van der Waals surface area (Å²) in [5.41, 5.74) is 2.78. The number of allylic oxidation sites excluding steroid dienone is 1. The largest absolute Gasteiger partial charge is 0.507 e. The second kappa shape index (κ2) is 9.33. The van der Waals surface area contributed by atoms with Crippen LogP contribution in [0.1, 0.15) is 29.5 Å². The van der Waals surface area contributed by atoms with Gasteiger partial charge in [-0.15, -0.1) is 0 Å². The van der Waals surface area contributed by atoms with E-state index < -0.39 is 0 Å². The molecule has 5 heteroatoms. The molecule has 4 nitrogen and oxygen atoms in total. The highest BCUT2D eigenvalue weighted by Crippen LogP contribution is 2.36. The zero-order valence-corrected chi connectivity index (χ0v) is 19.6. The van der Waals surface area contributed by atoms with Crippen molar-refractivity contribution in [3.63, 3.8) is 0 Å². The molecule has 0 atom stereocenters. The Kier molecular flexibility index (Phi) is 5.88. The van der Waals surface area contributed by atoms with E-state index in [4.69, 9.17) is 9.47 Å². The van der Waals surface area contributed by atoms with Gasteiger partial charge in [0.15, 0.2) is 0 Å². The fourth-order valence-corrected chi connectivity index (χ4v) is 5.40. The maximum Gasteiger partial charge on any atom is 0.132 e. The van der Waals surface area contributed by atoms with Crippen LogP contribution in [0.5, 0.6) is 11.5 Å². The quantitative estimate of drug-likeness (QED) is 0.614. The average molecular weight is 470 g/mol. The first-order valence-electron chi connectivity index (χ1n) is 12.3. The molecule has 1 fully saturated rings. The number of hydrogen-bond donors (Lipinski definition) is 1. The summed E-state index contributed by atoms with van der Waals surface area (Å²) in [5.74, 6) is 0.578. The van der Waals surface area contributed by atoms with E-state index in [1.54, 1.807) is 12.1 Å². The van der Waals surface area contributed by atoms with Gasteiger partial charge in [-0.1, -0.05) is 42.5 Å². The van der Waals surface area contributed by atoms with E-state index in [1.165, 1.54) is 12.8 Å². The molecule has 0 bridgehead atoms. The third-order valence-electron chi connectivity index (χ3n) is 7.14. The number of fused-ring (bicyclic) bond motifs is 4. The fourth-order valence-electron chi connectivity index (χ4n) is 5.40. The number of rotatable bonds is 5. The summed E-state index contributed by atoms with van der Waals surface area (Å²) >= 11 is 0. The van der Waals surface area contributed by atoms with Gasteiger partial charge in [0.1, 0.15) is 23.9 Å². The van der Waals surface area contributed by atoms with Gasteiger partial charge in [0.2, 0.25) is 0 Å². The van der Waals surface area contributed by atoms with E-state index in [1.807, 2.05) is 54.6 Å². The van der Waals surface area contributed by atoms with Crippen molar-refractivity contribution in [1.82, 2.24) is 4.90 Å². The number of phenolic OH excluding ortho intramolecular Hbond substituents is 1. The molecule has 178 valence electrons. The Morgan fingerprint density at radius 2 is 1.80 bits per heavy atom. The number of aromatic hydroxyl groups is 1. The van der Waals surface area contributed by atoms with Crippen LogP contribution in [0.25, 0.3) is 17.7 Å². The summed E-state index contributed by atoms with van der Waals surface area (Å²) in [4.78, 5) is 2.42. The molecule has 3 aromatic rings. The van der Waals surface area contributed by atoms with Gasteiger partial charge in [-0.3, -0.25) is 4.90 Å². The Morgan fingerprint density at radius 1 is 1.00 bits per heavy atom. The molecule has 35 heavy (non-hydrogen) atoms. The lowest BCUT2D eigenvalue weighted by atomic mass is 9.89. The van der Waals surface area contributed by atoms with Crippen LogP contribution < -0.4 is 15.2 Å². The van der Waals surface area contributed by atoms with E-state index in [9.17, 15) is 5.11 Å². The van der Waals surface area contributed by atoms with E-state index in [2.05, 4.69) is 4.90 Å². The molecule has 1 aliphatic carbocycles. The summed E-state index contributed by atoms with van der Waals surface area (Å²) in [6.07, 6.45) is 6.02. The topological polar surface area (TPSA) is 41.9 Å². The summed E-state index contributed by atoms with van der Waals surface area (Å²) < 4.78 is 27.7. The van der Waals surface area contributed by atoms with E-state index in [0.717, 1.165) is 52.2 Å². The van der Waals surface area contributed by atoms with E-state index in [-0.39, 0.29) is 11.6 Å². The van der Waals surface area contributed by atoms with Gasteiger partial charge in [0.25, 0.3) is 0 Å². The van der Waals surface area contributed by atoms with Gasteiger partial charge in [0.05, 0.1) is 13.2 Å². The van der Waals surface area contributed by atoms with Crippen LogP contribution >= 0.6 is 0 Å². The van der Waals surface area contributed by atoms with Crippen molar-refractivity contribution in [2.24, 2.45) is 0 Å². The zero-order valence-electron chi connectivity index (χ0n) is 19.6. The second-order valence-electron chi connectivity index (χ2n) is 9.31. The molecule has 6 rings (SSSR count). The monoisotopic (exact) mass is 469 g/mol. The summed E-state index contributed by atoms with van der Waals surface area (Å²) in [6.45, 7) is 4.68. The fraction of sp³-hybridized carbons (Fsp3) is 0.267. The summed E-state index contributed by atoms with van der Waals surface area (Å²) in [6, 6.07) is 17.0. The number of ether oxygens (including phenoxy) is 2. The predicted octanol–water partition coefficient (Wildman–Crippen LogP) is 3.99. The van der Waals surface area contributed by atoms with E-state index >= 15 is 4.39 Å². The first-order valence-corrected chi connectivity index (χ1v) is 12.3. The molecule has 1 N–H and O–H groups in total. The van der Waals surface area contributed by atoms with Gasteiger partial charge in [-0.25, -0.2) is 4.39 Å². The molecule has 3 aliphatic rings. The van der Waals surface area contributed by atoms with Crippen molar-refractivity contribution in [3.05, 3.63) is 98.0 Å². The molecule has 2 heterocycles. The van der Waals surface area contributed by atoms with E-state index in [0.29, 0.717) is 36.2 Å². The standard InChI is InChI=1S/C30H28FNO3/c31-26-17-21-5-1-2-6-24(21)29-27(33)18-22-11-15-34-19-25(22)30(29)28(26)20-7-9-23(10-8-20)35-16-14-32-12-3-4-13-32/h1-2,5-11,17-18,33H,3-4,12-16,19H2. The highest BCUT2D eigenvalue weighted by molar-refractivity contribution is 5.88. The Morgan fingerprint density at radius 3 is 2.63 bits per heavy atom. The Hall–Kier alpha value is -3.41. The van der Waals surface area contributed by atoms with Gasteiger partial charge in [-0.05, 0) is 77.0 Å². The first kappa shape index (κ1) is 22.1. The van der Waals surface area contributed by atoms with Crippen LogP contribution in [0, 0.1) is 10.4 Å². The second-order valence-corrected chi connectivity index (χ2v) is 9.31. The molecule has 0 unspecified atom stereocenters. The molecule has 2 aliphatic heterocycles. The zero-order chi connectivity index (χ0) is 23.8. The van der Waals surface area contributed by atoms with Gasteiger partial charge < -0.3 is 14.6 Å². The highest BCUT2D eigenvalue weighted by Gasteiger charge is 2.23. The minimum Gasteiger partial charge on any atom is -0.507 e. The van der Waals surface area contributed by atoms with Crippen molar-refractivity contribution in [2.45, 2.75) is 19.4 Å².